The molecule has 1 aliphatic carbocycles. The molecule has 0 spiro atoms. The number of aromatic nitrogens is 3. The molecule has 0 aliphatic heterocycles. The minimum atomic E-state index is 0.194. The van der Waals surface area contributed by atoms with Crippen LogP contribution >= 0.6 is 0 Å². The highest BCUT2D eigenvalue weighted by atomic mass is 15.1. The molecule has 1 fully saturated rings. The first-order chi connectivity index (χ1) is 11.1. The largest absolute Gasteiger partial charge is 0.366 e. The van der Waals surface area contributed by atoms with Crippen LogP contribution in [0.25, 0.3) is 10.9 Å². The van der Waals surface area contributed by atoms with Crippen molar-refractivity contribution in [2.24, 2.45) is 11.7 Å². The molecule has 1 unspecified atom stereocenters. The van der Waals surface area contributed by atoms with Crippen molar-refractivity contribution >= 4 is 22.7 Å². The number of nitrogens with zero attached hydrogens (tertiary/aromatic N) is 4. The normalized spacial score (nSPS) is 20.1. The lowest BCUT2D eigenvalue weighted by atomic mass is 9.80. The molecule has 7 nitrogen and oxygen atoms in total. The van der Waals surface area contributed by atoms with Gasteiger partial charge in [0.1, 0.15) is 17.3 Å². The minimum Gasteiger partial charge on any atom is -0.366 e. The van der Waals surface area contributed by atoms with Gasteiger partial charge in [0, 0.05) is 30.2 Å². The average Bonchev–Trinajstić information content (AvgIpc) is 2.53. The lowest BCUT2D eigenvalue weighted by Gasteiger charge is -2.33. The van der Waals surface area contributed by atoms with Gasteiger partial charge in [-0.25, -0.2) is 15.0 Å². The maximum atomic E-state index is 9.11. The van der Waals surface area contributed by atoms with E-state index < -0.39 is 0 Å². The number of anilines is 2. The average molecular weight is 311 g/mol. The number of fused-ring (bicyclic) bond motifs is 1. The molecule has 2 aromatic rings. The van der Waals surface area contributed by atoms with Crippen LogP contribution in [0.3, 0.4) is 0 Å². The molecule has 7 heteroatoms. The molecule has 3 rings (SSSR count). The summed E-state index contributed by atoms with van der Waals surface area (Å²) in [4.78, 5) is 13.2. The molecule has 120 valence electrons. The maximum absolute atomic E-state index is 9.11. The molecule has 0 radical (unpaired) electrons. The zero-order valence-corrected chi connectivity index (χ0v) is 13.4. The third kappa shape index (κ3) is 3.32. The molecule has 2 heterocycles. The maximum Gasteiger partial charge on any atom is 0.223 e. The zero-order valence-electron chi connectivity index (χ0n) is 13.4. The molecule has 0 saturated heterocycles. The van der Waals surface area contributed by atoms with Crippen molar-refractivity contribution in [2.75, 3.05) is 17.2 Å². The van der Waals surface area contributed by atoms with Gasteiger partial charge in [0.05, 0.1) is 0 Å². The second-order valence-electron chi connectivity index (χ2n) is 6.28. The summed E-state index contributed by atoms with van der Waals surface area (Å²) < 4.78 is 0. The predicted octanol–water partition coefficient (Wildman–Crippen LogP) is 1.87. The summed E-state index contributed by atoms with van der Waals surface area (Å²) in [5.41, 5.74) is 7.02. The van der Waals surface area contributed by atoms with E-state index in [1.54, 1.807) is 12.3 Å². The van der Waals surface area contributed by atoms with Gasteiger partial charge in [0.25, 0.3) is 0 Å². The lowest BCUT2D eigenvalue weighted by Crippen LogP contribution is -2.43. The molecular formula is C16H21N7. The van der Waals surface area contributed by atoms with E-state index in [2.05, 4.69) is 31.7 Å². The van der Waals surface area contributed by atoms with Crippen molar-refractivity contribution in [3.63, 3.8) is 0 Å². The number of hydrogen-bond acceptors (Lipinski definition) is 7. The Morgan fingerprint density at radius 1 is 1.39 bits per heavy atom. The van der Waals surface area contributed by atoms with Crippen LogP contribution in [-0.4, -0.2) is 33.6 Å². The number of nitrogens with one attached hydrogen (secondary N) is 2. The van der Waals surface area contributed by atoms with Gasteiger partial charge in [0.2, 0.25) is 5.95 Å². The fourth-order valence-corrected chi connectivity index (χ4v) is 2.63. The monoisotopic (exact) mass is 311 g/mol. The Morgan fingerprint density at radius 2 is 2.22 bits per heavy atom. The second kappa shape index (κ2) is 6.34. The first kappa shape index (κ1) is 15.4. The number of nitriles is 1. The molecule has 0 amide bonds. The molecule has 23 heavy (non-hydrogen) atoms. The van der Waals surface area contributed by atoms with Crippen LogP contribution in [0.5, 0.6) is 0 Å². The Bertz CT molecular complexity index is 750. The summed E-state index contributed by atoms with van der Waals surface area (Å²) in [5.74, 6) is 1.66. The van der Waals surface area contributed by atoms with Gasteiger partial charge >= 0.3 is 0 Å². The Labute approximate surface area is 135 Å². The molecule has 0 bridgehead atoms. The zero-order chi connectivity index (χ0) is 16.4. The summed E-state index contributed by atoms with van der Waals surface area (Å²) in [7, 11) is 0. The molecule has 4 N–H and O–H groups in total. The van der Waals surface area contributed by atoms with Gasteiger partial charge in [-0.1, -0.05) is 0 Å². The molecule has 2 atom stereocenters. The van der Waals surface area contributed by atoms with Crippen molar-refractivity contribution in [2.45, 2.75) is 38.8 Å². The predicted molar refractivity (Wildman–Crippen MR) is 90.0 cm³/mol. The topological polar surface area (TPSA) is 113 Å². The summed E-state index contributed by atoms with van der Waals surface area (Å²) in [6, 6.07) is 4.24. The van der Waals surface area contributed by atoms with Crippen molar-refractivity contribution in [1.29, 1.82) is 5.26 Å². The van der Waals surface area contributed by atoms with Crippen molar-refractivity contribution in [1.82, 2.24) is 15.0 Å². The highest BCUT2D eigenvalue weighted by Gasteiger charge is 2.27. The SMILES string of the molecule is CC(C)Nc1nc(C#N)cc2cnc(NCC3CC[C@@H]3N)nc12. The standard InChI is InChI=1S/C16H21N7/c1-9(2)21-15-14-11(5-12(6-17)22-15)8-20-16(23-14)19-7-10-3-4-13(10)18/h5,8-10,13H,3-4,7,18H2,1-2H3,(H,21,22)(H,19,20,23)/t10?,13-/m0/s1. The van der Waals surface area contributed by atoms with E-state index in [0.29, 0.717) is 28.9 Å². The molecule has 2 aromatic heterocycles. The van der Waals surface area contributed by atoms with E-state index >= 15 is 0 Å². The van der Waals surface area contributed by atoms with Crippen molar-refractivity contribution in [3.8, 4) is 6.07 Å². The summed E-state index contributed by atoms with van der Waals surface area (Å²) in [5, 5.41) is 16.4. The number of pyridine rings is 1. The third-order valence-electron chi connectivity index (χ3n) is 4.10. The fourth-order valence-electron chi connectivity index (χ4n) is 2.63. The van der Waals surface area contributed by atoms with Crippen LogP contribution in [-0.2, 0) is 0 Å². The Balaban J connectivity index is 1.88. The highest BCUT2D eigenvalue weighted by molar-refractivity contribution is 5.89. The van der Waals surface area contributed by atoms with Crippen molar-refractivity contribution in [3.05, 3.63) is 18.0 Å². The van der Waals surface area contributed by atoms with E-state index in [-0.39, 0.29) is 12.1 Å². The third-order valence-corrected chi connectivity index (χ3v) is 4.10. The van der Waals surface area contributed by atoms with Gasteiger partial charge in [-0.05, 0) is 38.7 Å². The first-order valence-electron chi connectivity index (χ1n) is 7.90. The number of nitrogens with two attached hydrogens (primary N) is 1. The van der Waals surface area contributed by atoms with Crippen LogP contribution in [0.2, 0.25) is 0 Å². The molecular weight excluding hydrogens is 290 g/mol. The Hall–Kier alpha value is -2.46. The Morgan fingerprint density at radius 3 is 2.83 bits per heavy atom. The number of rotatable bonds is 5. The second-order valence-corrected chi connectivity index (χ2v) is 6.28. The molecule has 0 aromatic carbocycles. The lowest BCUT2D eigenvalue weighted by molar-refractivity contribution is 0.271. The van der Waals surface area contributed by atoms with Gasteiger partial charge in [-0.15, -0.1) is 0 Å². The van der Waals surface area contributed by atoms with Crippen molar-refractivity contribution < 1.29 is 0 Å². The van der Waals surface area contributed by atoms with E-state index in [1.165, 1.54) is 0 Å². The van der Waals surface area contributed by atoms with Gasteiger partial charge in [-0.3, -0.25) is 0 Å². The summed E-state index contributed by atoms with van der Waals surface area (Å²) >= 11 is 0. The minimum absolute atomic E-state index is 0.194. The van der Waals surface area contributed by atoms with Crippen LogP contribution in [0.1, 0.15) is 32.4 Å². The number of hydrogen-bond donors (Lipinski definition) is 3. The van der Waals surface area contributed by atoms with Gasteiger partial charge in [-0.2, -0.15) is 5.26 Å². The molecule has 1 aliphatic rings. The van der Waals surface area contributed by atoms with Gasteiger partial charge < -0.3 is 16.4 Å². The highest BCUT2D eigenvalue weighted by Crippen LogP contribution is 2.26. The van der Waals surface area contributed by atoms with Gasteiger partial charge in [0.15, 0.2) is 5.82 Å². The fraction of sp³-hybridized carbons (Fsp3) is 0.500. The first-order valence-corrected chi connectivity index (χ1v) is 7.90. The van der Waals surface area contributed by atoms with E-state index in [0.717, 1.165) is 24.8 Å². The van der Waals surface area contributed by atoms with Crippen LogP contribution < -0.4 is 16.4 Å². The quantitative estimate of drug-likeness (QED) is 0.772. The molecule has 1 saturated carbocycles. The smallest absolute Gasteiger partial charge is 0.223 e. The van der Waals surface area contributed by atoms with Crippen LogP contribution in [0.15, 0.2) is 12.3 Å². The summed E-state index contributed by atoms with van der Waals surface area (Å²) in [6.07, 6.45) is 3.96. The van der Waals surface area contributed by atoms with Crippen LogP contribution in [0.4, 0.5) is 11.8 Å². The summed E-state index contributed by atoms with van der Waals surface area (Å²) in [6.45, 7) is 4.82. The van der Waals surface area contributed by atoms with Crippen LogP contribution in [0, 0.1) is 17.2 Å². The van der Waals surface area contributed by atoms with E-state index in [9.17, 15) is 0 Å². The Kier molecular flexibility index (Phi) is 4.26. The van der Waals surface area contributed by atoms with E-state index in [1.807, 2.05) is 13.8 Å². The van der Waals surface area contributed by atoms with E-state index in [4.69, 9.17) is 11.0 Å².